The Bertz CT molecular complexity index is 737. The van der Waals surface area contributed by atoms with Crippen LogP contribution < -0.4 is 15.4 Å². The zero-order valence-electron chi connectivity index (χ0n) is 14.4. The predicted octanol–water partition coefficient (Wildman–Crippen LogP) is 2.57. The number of carbonyl (C=O) groups excluding carboxylic acids is 2. The Balaban J connectivity index is 2.30. The third-order valence-corrected chi connectivity index (χ3v) is 3.63. The lowest BCUT2D eigenvalue weighted by atomic mass is 10.1. The van der Waals surface area contributed by atoms with Gasteiger partial charge in [-0.05, 0) is 26.3 Å². The first-order valence-electron chi connectivity index (χ1n) is 7.92. The Labute approximate surface area is 141 Å². The fourth-order valence-electron chi connectivity index (χ4n) is 2.38. The highest BCUT2D eigenvalue weighted by atomic mass is 16.5. The normalized spacial score (nSPS) is 11.7. The number of ether oxygens (including phenoxy) is 1. The molecule has 1 heterocycles. The van der Waals surface area contributed by atoms with Gasteiger partial charge < -0.3 is 20.4 Å². The molecular weight excluding hydrogens is 306 g/mol. The first-order chi connectivity index (χ1) is 11.5. The molecule has 0 aliphatic carbocycles. The molecule has 0 radical (unpaired) electrons. The Morgan fingerprint density at radius 2 is 2.00 bits per heavy atom. The van der Waals surface area contributed by atoms with Gasteiger partial charge in [0.1, 0.15) is 17.5 Å². The number of hydrogen-bond donors (Lipinski definition) is 3. The van der Waals surface area contributed by atoms with E-state index in [9.17, 15) is 9.59 Å². The smallest absolute Gasteiger partial charge is 0.271 e. The van der Waals surface area contributed by atoms with Crippen molar-refractivity contribution in [1.29, 1.82) is 0 Å². The summed E-state index contributed by atoms with van der Waals surface area (Å²) in [5.41, 5.74) is 2.66. The summed E-state index contributed by atoms with van der Waals surface area (Å²) in [7, 11) is 1.53. The van der Waals surface area contributed by atoms with E-state index < -0.39 is 0 Å². The minimum Gasteiger partial charge on any atom is -0.484 e. The second-order valence-corrected chi connectivity index (χ2v) is 5.54. The van der Waals surface area contributed by atoms with Crippen molar-refractivity contribution in [3.8, 4) is 5.75 Å². The lowest BCUT2D eigenvalue weighted by Gasteiger charge is -2.15. The van der Waals surface area contributed by atoms with Gasteiger partial charge in [-0.25, -0.2) is 0 Å². The molecule has 1 aromatic carbocycles. The largest absolute Gasteiger partial charge is 0.484 e. The molecule has 0 saturated heterocycles. The van der Waals surface area contributed by atoms with E-state index >= 15 is 0 Å². The minimum atomic E-state index is -0.336. The van der Waals surface area contributed by atoms with Crippen LogP contribution in [0, 0.1) is 6.92 Å². The second-order valence-electron chi connectivity index (χ2n) is 5.54. The molecule has 0 spiro atoms. The Morgan fingerprint density at radius 3 is 2.62 bits per heavy atom. The quantitative estimate of drug-likeness (QED) is 0.761. The standard InChI is InChI=1S/C18H23N3O3/c1-5-20-17(22)14-10-15(16(21-14)18(23)19-4)24-12(3)13-8-6-7-11(2)9-13/h6-10,12,21H,5H2,1-4H3,(H,19,23)(H,20,22). The van der Waals surface area contributed by atoms with E-state index in [-0.39, 0.29) is 23.6 Å². The molecule has 0 fully saturated rings. The Hall–Kier alpha value is -2.76. The molecule has 0 aliphatic heterocycles. The molecule has 3 N–H and O–H groups in total. The molecule has 6 nitrogen and oxygen atoms in total. The van der Waals surface area contributed by atoms with Gasteiger partial charge in [-0.15, -0.1) is 0 Å². The fourth-order valence-corrected chi connectivity index (χ4v) is 2.38. The first-order valence-corrected chi connectivity index (χ1v) is 7.92. The topological polar surface area (TPSA) is 83.2 Å². The van der Waals surface area contributed by atoms with Gasteiger partial charge in [0.15, 0.2) is 5.75 Å². The molecule has 2 rings (SSSR count). The summed E-state index contributed by atoms with van der Waals surface area (Å²) in [4.78, 5) is 26.9. The van der Waals surface area contributed by atoms with E-state index in [0.29, 0.717) is 18.0 Å². The van der Waals surface area contributed by atoms with Crippen LogP contribution >= 0.6 is 0 Å². The SMILES string of the molecule is CCNC(=O)c1cc(OC(C)c2cccc(C)c2)c(C(=O)NC)[nH]1. The summed E-state index contributed by atoms with van der Waals surface area (Å²) in [5.74, 6) is -0.262. The number of carbonyl (C=O) groups is 2. The Kier molecular flexibility index (Phi) is 5.63. The van der Waals surface area contributed by atoms with E-state index in [1.165, 1.54) is 7.05 Å². The van der Waals surface area contributed by atoms with E-state index in [0.717, 1.165) is 11.1 Å². The summed E-state index contributed by atoms with van der Waals surface area (Å²) in [6.07, 6.45) is -0.258. The molecule has 1 atom stereocenters. The number of nitrogens with one attached hydrogen (secondary N) is 3. The number of rotatable bonds is 6. The molecule has 128 valence electrons. The maximum Gasteiger partial charge on any atom is 0.271 e. The molecule has 0 aliphatic rings. The van der Waals surface area contributed by atoms with E-state index in [1.807, 2.05) is 45.0 Å². The van der Waals surface area contributed by atoms with Crippen LogP contribution in [0.25, 0.3) is 0 Å². The number of aryl methyl sites for hydroxylation is 1. The van der Waals surface area contributed by atoms with Crippen LogP contribution in [0.1, 0.15) is 52.1 Å². The molecule has 0 saturated carbocycles. The van der Waals surface area contributed by atoms with E-state index in [1.54, 1.807) is 6.07 Å². The van der Waals surface area contributed by atoms with Crippen LogP contribution in [0.15, 0.2) is 30.3 Å². The number of H-pyrrole nitrogens is 1. The van der Waals surface area contributed by atoms with Crippen molar-refractivity contribution >= 4 is 11.8 Å². The zero-order chi connectivity index (χ0) is 17.7. The van der Waals surface area contributed by atoms with Crippen molar-refractivity contribution in [2.45, 2.75) is 26.9 Å². The number of hydrogen-bond acceptors (Lipinski definition) is 3. The third kappa shape index (κ3) is 3.95. The summed E-state index contributed by atoms with van der Waals surface area (Å²) in [6, 6.07) is 9.52. The molecule has 2 aromatic rings. The van der Waals surface area contributed by atoms with Crippen molar-refractivity contribution in [1.82, 2.24) is 15.6 Å². The van der Waals surface area contributed by atoms with Crippen molar-refractivity contribution in [3.05, 3.63) is 52.8 Å². The fraction of sp³-hybridized carbons (Fsp3) is 0.333. The lowest BCUT2D eigenvalue weighted by molar-refractivity contribution is 0.0951. The monoisotopic (exact) mass is 329 g/mol. The maximum absolute atomic E-state index is 12.0. The number of aromatic amines is 1. The highest BCUT2D eigenvalue weighted by molar-refractivity contribution is 5.99. The average Bonchev–Trinajstić information content (AvgIpc) is 2.98. The summed E-state index contributed by atoms with van der Waals surface area (Å²) < 4.78 is 5.95. The molecule has 0 bridgehead atoms. The van der Waals surface area contributed by atoms with Crippen molar-refractivity contribution in [3.63, 3.8) is 0 Å². The van der Waals surface area contributed by atoms with Gasteiger partial charge in [0.25, 0.3) is 11.8 Å². The Morgan fingerprint density at radius 1 is 1.25 bits per heavy atom. The van der Waals surface area contributed by atoms with Gasteiger partial charge >= 0.3 is 0 Å². The third-order valence-electron chi connectivity index (χ3n) is 3.63. The molecule has 2 amide bonds. The van der Waals surface area contributed by atoms with Crippen molar-refractivity contribution in [2.75, 3.05) is 13.6 Å². The molecule has 1 unspecified atom stereocenters. The van der Waals surface area contributed by atoms with Crippen LogP contribution in [0.2, 0.25) is 0 Å². The number of aromatic nitrogens is 1. The summed E-state index contributed by atoms with van der Waals surface area (Å²) in [6.45, 7) is 6.25. The lowest BCUT2D eigenvalue weighted by Crippen LogP contribution is -2.23. The molecule has 6 heteroatoms. The molecule has 1 aromatic heterocycles. The minimum absolute atomic E-state index is 0.234. The highest BCUT2D eigenvalue weighted by Gasteiger charge is 2.21. The van der Waals surface area contributed by atoms with Gasteiger partial charge in [0, 0.05) is 19.7 Å². The summed E-state index contributed by atoms with van der Waals surface area (Å²) in [5, 5.41) is 5.24. The maximum atomic E-state index is 12.0. The van der Waals surface area contributed by atoms with Gasteiger partial charge in [-0.1, -0.05) is 29.8 Å². The van der Waals surface area contributed by atoms with Crippen LogP contribution in [-0.4, -0.2) is 30.4 Å². The van der Waals surface area contributed by atoms with Crippen LogP contribution in [0.3, 0.4) is 0 Å². The second kappa shape index (κ2) is 7.68. The average molecular weight is 329 g/mol. The summed E-state index contributed by atoms with van der Waals surface area (Å²) >= 11 is 0. The number of benzene rings is 1. The van der Waals surface area contributed by atoms with Gasteiger partial charge in [0.2, 0.25) is 0 Å². The van der Waals surface area contributed by atoms with E-state index in [2.05, 4.69) is 15.6 Å². The van der Waals surface area contributed by atoms with Gasteiger partial charge in [0.05, 0.1) is 0 Å². The molecule has 24 heavy (non-hydrogen) atoms. The number of amides is 2. The van der Waals surface area contributed by atoms with Crippen LogP contribution in [0.4, 0.5) is 0 Å². The van der Waals surface area contributed by atoms with E-state index in [4.69, 9.17) is 4.74 Å². The van der Waals surface area contributed by atoms with Crippen molar-refractivity contribution in [2.24, 2.45) is 0 Å². The van der Waals surface area contributed by atoms with Crippen LogP contribution in [0.5, 0.6) is 5.75 Å². The molecular formula is C18H23N3O3. The first kappa shape index (κ1) is 17.6. The zero-order valence-corrected chi connectivity index (χ0v) is 14.4. The predicted molar refractivity (Wildman–Crippen MR) is 92.4 cm³/mol. The van der Waals surface area contributed by atoms with Gasteiger partial charge in [-0.2, -0.15) is 0 Å². The highest BCUT2D eigenvalue weighted by Crippen LogP contribution is 2.27. The van der Waals surface area contributed by atoms with Crippen LogP contribution in [-0.2, 0) is 0 Å². The van der Waals surface area contributed by atoms with Crippen molar-refractivity contribution < 1.29 is 14.3 Å². The van der Waals surface area contributed by atoms with Gasteiger partial charge in [-0.3, -0.25) is 9.59 Å².